The molecule has 0 bridgehead atoms. The van der Waals surface area contributed by atoms with Gasteiger partial charge in [-0.25, -0.2) is 0 Å². The number of aromatic nitrogens is 2. The molecule has 0 N–H and O–H groups in total. The minimum atomic E-state index is 0. The first-order chi connectivity index (χ1) is 3.93. The van der Waals surface area contributed by atoms with E-state index >= 15 is 0 Å². The number of halogens is 2. The fraction of sp³-hybridized carbons (Fsp3) is 0.200. The number of hydrogen-bond acceptors (Lipinski definition) is 2. The van der Waals surface area contributed by atoms with Gasteiger partial charge in [0.2, 0.25) is 0 Å². The first kappa shape index (κ1) is 9.04. The van der Waals surface area contributed by atoms with Crippen LogP contribution in [0.4, 0.5) is 0 Å². The molecular formula is C5H6Br2N2. The van der Waals surface area contributed by atoms with Gasteiger partial charge in [-0.1, -0.05) is 15.9 Å². The molecule has 0 spiro atoms. The van der Waals surface area contributed by atoms with Crippen LogP contribution in [-0.2, 0) is 5.33 Å². The average Bonchev–Trinajstić information content (AvgIpc) is 1.90. The SMILES string of the molecule is Br.BrCc1cnccn1. The lowest BCUT2D eigenvalue weighted by Gasteiger charge is -1.86. The van der Waals surface area contributed by atoms with Crippen molar-refractivity contribution in [1.82, 2.24) is 9.97 Å². The molecule has 1 heterocycles. The van der Waals surface area contributed by atoms with Crippen molar-refractivity contribution < 1.29 is 0 Å². The van der Waals surface area contributed by atoms with Crippen LogP contribution in [0.15, 0.2) is 18.6 Å². The largest absolute Gasteiger partial charge is 0.261 e. The van der Waals surface area contributed by atoms with Gasteiger partial charge in [-0.15, -0.1) is 17.0 Å². The van der Waals surface area contributed by atoms with Crippen LogP contribution in [0.25, 0.3) is 0 Å². The molecule has 0 saturated carbocycles. The van der Waals surface area contributed by atoms with Crippen molar-refractivity contribution in [2.75, 3.05) is 0 Å². The highest BCUT2D eigenvalue weighted by Gasteiger charge is 1.84. The minimum Gasteiger partial charge on any atom is -0.261 e. The molecule has 0 atom stereocenters. The second kappa shape index (κ2) is 4.88. The predicted molar refractivity (Wildman–Crippen MR) is 45.0 cm³/mol. The molecule has 4 heteroatoms. The van der Waals surface area contributed by atoms with Crippen LogP contribution in [0.3, 0.4) is 0 Å². The molecular weight excluding hydrogens is 248 g/mol. The molecule has 9 heavy (non-hydrogen) atoms. The van der Waals surface area contributed by atoms with E-state index in [-0.39, 0.29) is 17.0 Å². The van der Waals surface area contributed by atoms with E-state index in [2.05, 4.69) is 25.9 Å². The van der Waals surface area contributed by atoms with Crippen LogP contribution in [0, 0.1) is 0 Å². The normalized spacial score (nSPS) is 8.11. The van der Waals surface area contributed by atoms with Crippen molar-refractivity contribution in [2.45, 2.75) is 5.33 Å². The highest BCUT2D eigenvalue weighted by molar-refractivity contribution is 9.08. The Hall–Kier alpha value is 0.0400. The second-order valence-corrected chi connectivity index (χ2v) is 1.89. The van der Waals surface area contributed by atoms with Gasteiger partial charge in [-0.3, -0.25) is 9.97 Å². The average molecular weight is 254 g/mol. The van der Waals surface area contributed by atoms with Crippen molar-refractivity contribution in [3.63, 3.8) is 0 Å². The van der Waals surface area contributed by atoms with Gasteiger partial charge in [0.15, 0.2) is 0 Å². The molecule has 1 aromatic rings. The molecule has 0 aliphatic carbocycles. The fourth-order valence-electron chi connectivity index (χ4n) is 0.399. The third-order valence-electron chi connectivity index (χ3n) is 0.754. The van der Waals surface area contributed by atoms with Crippen LogP contribution < -0.4 is 0 Å². The molecule has 0 amide bonds. The van der Waals surface area contributed by atoms with Gasteiger partial charge in [-0.2, -0.15) is 0 Å². The van der Waals surface area contributed by atoms with E-state index in [0.29, 0.717) is 0 Å². The lowest BCUT2D eigenvalue weighted by Crippen LogP contribution is -1.82. The summed E-state index contributed by atoms with van der Waals surface area (Å²) in [7, 11) is 0. The third kappa shape index (κ3) is 2.91. The van der Waals surface area contributed by atoms with E-state index in [4.69, 9.17) is 0 Å². The monoisotopic (exact) mass is 252 g/mol. The molecule has 50 valence electrons. The van der Waals surface area contributed by atoms with Crippen molar-refractivity contribution in [1.29, 1.82) is 0 Å². The highest BCUT2D eigenvalue weighted by Crippen LogP contribution is 1.95. The second-order valence-electron chi connectivity index (χ2n) is 1.33. The van der Waals surface area contributed by atoms with Gasteiger partial charge in [-0.05, 0) is 0 Å². The summed E-state index contributed by atoms with van der Waals surface area (Å²) in [6.45, 7) is 0. The first-order valence-electron chi connectivity index (χ1n) is 2.24. The van der Waals surface area contributed by atoms with Crippen molar-refractivity contribution in [3.8, 4) is 0 Å². The maximum atomic E-state index is 3.99. The summed E-state index contributed by atoms with van der Waals surface area (Å²) in [4.78, 5) is 7.85. The van der Waals surface area contributed by atoms with Gasteiger partial charge >= 0.3 is 0 Å². The van der Waals surface area contributed by atoms with Crippen LogP contribution >= 0.6 is 32.9 Å². The van der Waals surface area contributed by atoms with Crippen LogP contribution in [0.1, 0.15) is 5.69 Å². The molecule has 0 aliphatic heterocycles. The Morgan fingerprint density at radius 1 is 1.44 bits per heavy atom. The predicted octanol–water partition coefficient (Wildman–Crippen LogP) is 1.95. The van der Waals surface area contributed by atoms with Gasteiger partial charge < -0.3 is 0 Å². The van der Waals surface area contributed by atoms with Crippen molar-refractivity contribution in [3.05, 3.63) is 24.3 Å². The topological polar surface area (TPSA) is 25.8 Å². The summed E-state index contributed by atoms with van der Waals surface area (Å²) in [5.74, 6) is 0. The molecule has 1 aromatic heterocycles. The van der Waals surface area contributed by atoms with E-state index < -0.39 is 0 Å². The van der Waals surface area contributed by atoms with Crippen LogP contribution in [0.2, 0.25) is 0 Å². The Morgan fingerprint density at radius 2 is 2.22 bits per heavy atom. The number of nitrogens with zero attached hydrogens (tertiary/aromatic N) is 2. The van der Waals surface area contributed by atoms with Gasteiger partial charge in [0.1, 0.15) is 0 Å². The molecule has 1 rings (SSSR count). The van der Waals surface area contributed by atoms with Crippen molar-refractivity contribution in [2.24, 2.45) is 0 Å². The van der Waals surface area contributed by atoms with Gasteiger partial charge in [0.05, 0.1) is 5.69 Å². The van der Waals surface area contributed by atoms with Crippen LogP contribution in [0.5, 0.6) is 0 Å². The quantitative estimate of drug-likeness (QED) is 0.715. The fourth-order valence-corrected chi connectivity index (χ4v) is 0.689. The third-order valence-corrected chi connectivity index (χ3v) is 1.33. The van der Waals surface area contributed by atoms with Gasteiger partial charge in [0.25, 0.3) is 0 Å². The van der Waals surface area contributed by atoms with Crippen LogP contribution in [-0.4, -0.2) is 9.97 Å². The maximum Gasteiger partial charge on any atom is 0.0692 e. The van der Waals surface area contributed by atoms with Gasteiger partial charge in [0, 0.05) is 23.9 Å². The Morgan fingerprint density at radius 3 is 2.56 bits per heavy atom. The van der Waals surface area contributed by atoms with E-state index in [0.717, 1.165) is 11.0 Å². The highest BCUT2D eigenvalue weighted by atomic mass is 79.9. The molecule has 0 unspecified atom stereocenters. The lowest BCUT2D eigenvalue weighted by molar-refractivity contribution is 1.11. The van der Waals surface area contributed by atoms with E-state index in [1.54, 1.807) is 18.6 Å². The maximum absolute atomic E-state index is 3.99. The Labute approximate surface area is 72.6 Å². The molecule has 0 saturated heterocycles. The molecule has 0 fully saturated rings. The molecule has 0 radical (unpaired) electrons. The smallest absolute Gasteiger partial charge is 0.0692 e. The number of hydrogen-bond donors (Lipinski definition) is 0. The summed E-state index contributed by atoms with van der Waals surface area (Å²) in [5, 5.41) is 0.779. The summed E-state index contributed by atoms with van der Waals surface area (Å²) < 4.78 is 0. The number of rotatable bonds is 1. The molecule has 0 aromatic carbocycles. The Balaban J connectivity index is 0.000000640. The minimum absolute atomic E-state index is 0. The van der Waals surface area contributed by atoms with Crippen molar-refractivity contribution >= 4 is 32.9 Å². The Kier molecular flexibility index (Phi) is 4.90. The Bertz CT molecular complexity index is 154. The summed E-state index contributed by atoms with van der Waals surface area (Å²) in [6.07, 6.45) is 5.07. The van der Waals surface area contributed by atoms with E-state index in [1.807, 2.05) is 0 Å². The summed E-state index contributed by atoms with van der Waals surface area (Å²) in [5.41, 5.74) is 0.965. The summed E-state index contributed by atoms with van der Waals surface area (Å²) in [6, 6.07) is 0. The standard InChI is InChI=1S/C5H5BrN2.BrH/c6-3-5-4-7-1-2-8-5;/h1-2,4H,3H2;1H. The van der Waals surface area contributed by atoms with E-state index in [9.17, 15) is 0 Å². The van der Waals surface area contributed by atoms with E-state index in [1.165, 1.54) is 0 Å². The molecule has 0 aliphatic rings. The lowest BCUT2D eigenvalue weighted by atomic mass is 10.5. The first-order valence-corrected chi connectivity index (χ1v) is 3.36. The zero-order chi connectivity index (χ0) is 5.82. The zero-order valence-corrected chi connectivity index (χ0v) is 7.92. The number of alkyl halides is 1. The summed E-state index contributed by atoms with van der Waals surface area (Å²) >= 11 is 3.25. The molecule has 2 nitrogen and oxygen atoms in total. The zero-order valence-electron chi connectivity index (χ0n) is 4.62.